The first-order chi connectivity index (χ1) is 14.2. The van der Waals surface area contributed by atoms with Gasteiger partial charge in [-0.05, 0) is 35.9 Å². The van der Waals surface area contributed by atoms with E-state index in [1.165, 1.54) is 25.3 Å². The van der Waals surface area contributed by atoms with Gasteiger partial charge >= 0.3 is 6.18 Å². The maximum atomic E-state index is 12.9. The minimum atomic E-state index is -4.49. The Hall–Kier alpha value is -3.39. The molecule has 3 aromatic rings. The van der Waals surface area contributed by atoms with E-state index in [0.29, 0.717) is 5.52 Å². The largest absolute Gasteiger partial charge is 0.416 e. The first-order valence-corrected chi connectivity index (χ1v) is 9.04. The van der Waals surface area contributed by atoms with Crippen LogP contribution in [0, 0.1) is 0 Å². The monoisotopic (exact) mass is 432 g/mol. The van der Waals surface area contributed by atoms with E-state index < -0.39 is 17.6 Å². The molecule has 0 saturated heterocycles. The summed E-state index contributed by atoms with van der Waals surface area (Å²) < 4.78 is 38.7. The number of carbonyl (C=O) groups excluding carboxylic acids is 1. The van der Waals surface area contributed by atoms with Crippen LogP contribution in [0.2, 0.25) is 5.02 Å². The Morgan fingerprint density at radius 2 is 1.97 bits per heavy atom. The first kappa shape index (κ1) is 21.3. The number of aliphatic imine (C=N–C) groups is 1. The Labute approximate surface area is 175 Å². The average Bonchev–Trinajstić information content (AvgIpc) is 2.72. The van der Waals surface area contributed by atoms with E-state index >= 15 is 0 Å². The molecule has 0 aliphatic rings. The van der Waals surface area contributed by atoms with Crippen LogP contribution in [0.15, 0.2) is 65.8 Å². The molecule has 5 nitrogen and oxygen atoms in total. The second-order valence-electron chi connectivity index (χ2n) is 6.27. The summed E-state index contributed by atoms with van der Waals surface area (Å²) in [5, 5.41) is 3.55. The van der Waals surface area contributed by atoms with Crippen molar-refractivity contribution in [2.24, 2.45) is 10.7 Å². The summed E-state index contributed by atoms with van der Waals surface area (Å²) in [7, 11) is 1.41. The van der Waals surface area contributed by atoms with E-state index in [1.54, 1.807) is 24.4 Å². The second-order valence-corrected chi connectivity index (χ2v) is 6.68. The van der Waals surface area contributed by atoms with Crippen LogP contribution in [-0.4, -0.2) is 23.8 Å². The number of hydrogen-bond acceptors (Lipinski definition) is 4. The Bertz CT molecular complexity index is 1170. The second kappa shape index (κ2) is 8.54. The van der Waals surface area contributed by atoms with E-state index in [4.69, 9.17) is 17.3 Å². The molecule has 0 unspecified atom stereocenters. The molecule has 0 bridgehead atoms. The van der Waals surface area contributed by atoms with Crippen molar-refractivity contribution in [1.29, 1.82) is 0 Å². The maximum Gasteiger partial charge on any atom is 0.416 e. The molecule has 0 saturated carbocycles. The summed E-state index contributed by atoms with van der Waals surface area (Å²) in [6.07, 6.45) is -1.62. The Morgan fingerprint density at radius 1 is 1.20 bits per heavy atom. The van der Waals surface area contributed by atoms with E-state index in [-0.39, 0.29) is 27.7 Å². The standard InChI is InChI=1S/C21H16ClF3N4O/c1-27-19(11-17(26)12-4-2-6-14(8-12)21(23,24)25)29-20(30)15-10-18-13(9-16(15)22)5-3-7-28-18/h2-11H,26H2,1H3,(H,27,29,30)/b17-11-. The number of aromatic nitrogens is 1. The summed E-state index contributed by atoms with van der Waals surface area (Å²) >= 11 is 6.21. The minimum Gasteiger partial charge on any atom is -0.398 e. The Balaban J connectivity index is 1.85. The van der Waals surface area contributed by atoms with Gasteiger partial charge < -0.3 is 11.1 Å². The third-order valence-corrected chi connectivity index (χ3v) is 4.55. The van der Waals surface area contributed by atoms with Crippen molar-refractivity contribution in [3.8, 4) is 0 Å². The quantitative estimate of drug-likeness (QED) is 0.466. The SMILES string of the molecule is CN=C(/C=C(\N)c1cccc(C(F)(F)F)c1)NC(=O)c1cc2ncccc2cc1Cl. The average molecular weight is 433 g/mol. The van der Waals surface area contributed by atoms with Crippen LogP contribution < -0.4 is 11.1 Å². The Kier molecular flexibility index (Phi) is 6.07. The lowest BCUT2D eigenvalue weighted by Crippen LogP contribution is -2.30. The van der Waals surface area contributed by atoms with Crippen molar-refractivity contribution in [3.05, 3.63) is 82.5 Å². The smallest absolute Gasteiger partial charge is 0.398 e. The topological polar surface area (TPSA) is 80.4 Å². The molecule has 30 heavy (non-hydrogen) atoms. The predicted octanol–water partition coefficient (Wildman–Crippen LogP) is 4.66. The van der Waals surface area contributed by atoms with Crippen LogP contribution in [0.4, 0.5) is 13.2 Å². The van der Waals surface area contributed by atoms with Crippen molar-refractivity contribution in [2.45, 2.75) is 6.18 Å². The molecule has 0 fully saturated rings. The third kappa shape index (κ3) is 4.77. The summed E-state index contributed by atoms with van der Waals surface area (Å²) in [6.45, 7) is 0. The van der Waals surface area contributed by atoms with Gasteiger partial charge in [-0.15, -0.1) is 0 Å². The van der Waals surface area contributed by atoms with Crippen LogP contribution in [0.25, 0.3) is 16.6 Å². The molecule has 1 aromatic heterocycles. The normalized spacial score (nSPS) is 12.8. The number of nitrogens with one attached hydrogen (secondary N) is 1. The van der Waals surface area contributed by atoms with Crippen molar-refractivity contribution < 1.29 is 18.0 Å². The molecule has 0 spiro atoms. The van der Waals surface area contributed by atoms with E-state index in [1.807, 2.05) is 6.07 Å². The molecule has 1 amide bonds. The summed E-state index contributed by atoms with van der Waals surface area (Å²) in [4.78, 5) is 20.8. The molecule has 0 atom stereocenters. The number of alkyl halides is 3. The van der Waals surface area contributed by atoms with Gasteiger partial charge in [0.1, 0.15) is 5.84 Å². The molecule has 0 aliphatic heterocycles. The molecule has 3 N–H and O–H groups in total. The van der Waals surface area contributed by atoms with Crippen LogP contribution in [0.5, 0.6) is 0 Å². The minimum absolute atomic E-state index is 0.00766. The zero-order chi connectivity index (χ0) is 21.9. The molecule has 0 aliphatic carbocycles. The highest BCUT2D eigenvalue weighted by molar-refractivity contribution is 6.35. The van der Waals surface area contributed by atoms with E-state index in [0.717, 1.165) is 17.5 Å². The van der Waals surface area contributed by atoms with Gasteiger partial charge in [0.2, 0.25) is 0 Å². The van der Waals surface area contributed by atoms with Crippen molar-refractivity contribution >= 4 is 39.9 Å². The van der Waals surface area contributed by atoms with Crippen LogP contribution in [-0.2, 0) is 6.18 Å². The fraction of sp³-hybridized carbons (Fsp3) is 0.0952. The van der Waals surface area contributed by atoms with Gasteiger partial charge in [-0.1, -0.05) is 29.8 Å². The summed E-state index contributed by atoms with van der Waals surface area (Å²) in [5.41, 5.74) is 6.01. The summed E-state index contributed by atoms with van der Waals surface area (Å²) in [5.74, 6) is -0.492. The van der Waals surface area contributed by atoms with Crippen LogP contribution >= 0.6 is 11.6 Å². The number of benzene rings is 2. The fourth-order valence-electron chi connectivity index (χ4n) is 2.71. The van der Waals surface area contributed by atoms with Gasteiger partial charge in [0.15, 0.2) is 0 Å². The molecule has 3 rings (SSSR count). The number of amides is 1. The first-order valence-electron chi connectivity index (χ1n) is 8.66. The van der Waals surface area contributed by atoms with Gasteiger partial charge in [-0.2, -0.15) is 13.2 Å². The van der Waals surface area contributed by atoms with Crippen molar-refractivity contribution in [3.63, 3.8) is 0 Å². The van der Waals surface area contributed by atoms with Gasteiger partial charge in [0.25, 0.3) is 5.91 Å². The zero-order valence-corrected chi connectivity index (χ0v) is 16.4. The number of hydrogen-bond donors (Lipinski definition) is 2. The van der Waals surface area contributed by atoms with Crippen LogP contribution in [0.1, 0.15) is 21.5 Å². The maximum absolute atomic E-state index is 12.9. The molecular weight excluding hydrogens is 417 g/mol. The number of carbonyl (C=O) groups is 1. The predicted molar refractivity (Wildman–Crippen MR) is 111 cm³/mol. The number of nitrogens with two attached hydrogens (primary N) is 1. The molecule has 9 heteroatoms. The lowest BCUT2D eigenvalue weighted by molar-refractivity contribution is -0.137. The molecular formula is C21H16ClF3N4O. The highest BCUT2D eigenvalue weighted by Gasteiger charge is 2.30. The van der Waals surface area contributed by atoms with E-state index in [9.17, 15) is 18.0 Å². The lowest BCUT2D eigenvalue weighted by atomic mass is 10.1. The fourth-order valence-corrected chi connectivity index (χ4v) is 2.97. The number of pyridine rings is 1. The zero-order valence-electron chi connectivity index (χ0n) is 15.7. The highest BCUT2D eigenvalue weighted by atomic mass is 35.5. The number of nitrogens with zero attached hydrogens (tertiary/aromatic N) is 2. The van der Waals surface area contributed by atoms with Gasteiger partial charge in [0, 0.05) is 30.4 Å². The highest BCUT2D eigenvalue weighted by Crippen LogP contribution is 2.30. The van der Waals surface area contributed by atoms with Crippen molar-refractivity contribution in [2.75, 3.05) is 7.05 Å². The lowest BCUT2D eigenvalue weighted by Gasteiger charge is -2.11. The number of halogens is 4. The number of fused-ring (bicyclic) bond motifs is 1. The molecule has 2 aromatic carbocycles. The van der Waals surface area contributed by atoms with Crippen LogP contribution in [0.3, 0.4) is 0 Å². The molecule has 0 radical (unpaired) electrons. The van der Waals surface area contributed by atoms with E-state index in [2.05, 4.69) is 15.3 Å². The Morgan fingerprint density at radius 3 is 2.67 bits per heavy atom. The van der Waals surface area contributed by atoms with Crippen molar-refractivity contribution in [1.82, 2.24) is 10.3 Å². The van der Waals surface area contributed by atoms with Gasteiger partial charge in [-0.25, -0.2) is 0 Å². The van der Waals surface area contributed by atoms with Gasteiger partial charge in [0.05, 0.1) is 21.7 Å². The number of amidine groups is 1. The number of rotatable bonds is 3. The van der Waals surface area contributed by atoms with Gasteiger partial charge in [-0.3, -0.25) is 14.8 Å². The molecule has 154 valence electrons. The molecule has 1 heterocycles. The summed E-state index contributed by atoms with van der Waals surface area (Å²) in [6, 6.07) is 11.3. The third-order valence-electron chi connectivity index (χ3n) is 4.23.